The molecular formula is C29H35N3O5. The van der Waals surface area contributed by atoms with Gasteiger partial charge in [0.05, 0.1) is 29.1 Å². The Labute approximate surface area is 217 Å². The van der Waals surface area contributed by atoms with Crippen LogP contribution in [-0.2, 0) is 14.3 Å². The molecule has 0 radical (unpaired) electrons. The number of hydrogen-bond donors (Lipinski definition) is 1. The number of alkyl carbamates (subject to hydrolysis) is 1. The smallest absolute Gasteiger partial charge is 0.408 e. The highest BCUT2D eigenvalue weighted by Crippen LogP contribution is 2.22. The van der Waals surface area contributed by atoms with Crippen molar-refractivity contribution >= 4 is 29.0 Å². The van der Waals surface area contributed by atoms with E-state index in [0.29, 0.717) is 28.0 Å². The highest BCUT2D eigenvalue weighted by molar-refractivity contribution is 5.88. The zero-order chi connectivity index (χ0) is 27.4. The summed E-state index contributed by atoms with van der Waals surface area (Å²) < 4.78 is 12.2. The Morgan fingerprint density at radius 1 is 0.973 bits per heavy atom. The lowest BCUT2D eigenvalue weighted by molar-refractivity contribution is -0.153. The van der Waals surface area contributed by atoms with Gasteiger partial charge in [-0.2, -0.15) is 0 Å². The zero-order valence-corrected chi connectivity index (χ0v) is 22.5. The molecule has 0 unspecified atom stereocenters. The van der Waals surface area contributed by atoms with E-state index in [0.717, 1.165) is 0 Å². The van der Waals surface area contributed by atoms with Crippen LogP contribution in [0.4, 0.5) is 4.79 Å². The van der Waals surface area contributed by atoms with E-state index in [1.54, 1.807) is 70.2 Å². The van der Waals surface area contributed by atoms with Gasteiger partial charge in [-0.3, -0.25) is 14.2 Å². The fraction of sp³-hybridized carbons (Fsp3) is 0.379. The molecule has 0 aliphatic heterocycles. The third kappa shape index (κ3) is 7.52. The van der Waals surface area contributed by atoms with Crippen molar-refractivity contribution in [2.75, 3.05) is 0 Å². The number of hydrogen-bond acceptors (Lipinski definition) is 6. The summed E-state index contributed by atoms with van der Waals surface area (Å²) in [5, 5.41) is 3.19. The predicted octanol–water partition coefficient (Wildman–Crippen LogP) is 5.72. The highest BCUT2D eigenvalue weighted by Gasteiger charge is 2.23. The van der Waals surface area contributed by atoms with E-state index in [2.05, 4.69) is 5.32 Å². The fourth-order valence-electron chi connectivity index (χ4n) is 3.74. The van der Waals surface area contributed by atoms with Crippen LogP contribution in [0.25, 0.3) is 22.7 Å². The van der Waals surface area contributed by atoms with Gasteiger partial charge in [0.1, 0.15) is 17.0 Å². The molecule has 1 aromatic heterocycles. The standard InChI is InChI=1S/C29H35N3O5/c1-19(30-27(35)37-29(5,6)7)25-31-22-17-11-13-20(14-12-18-23(33)36-28(2,3)4)24(22)26(34)32(25)21-15-9-8-10-16-21/h8-17,19H,18H2,1-7H3,(H,30,35)/b14-12+/t19-/m0/s1. The van der Waals surface area contributed by atoms with Crippen molar-refractivity contribution in [1.82, 2.24) is 14.9 Å². The van der Waals surface area contributed by atoms with Gasteiger partial charge in [-0.25, -0.2) is 9.78 Å². The minimum atomic E-state index is -0.666. The molecule has 0 spiro atoms. The molecular weight excluding hydrogens is 470 g/mol. The SMILES string of the molecule is C[C@H](NC(=O)OC(C)(C)C)c1nc2cccc(/C=C/CC(=O)OC(C)(C)C)c2c(=O)n1-c1ccccc1. The molecule has 8 nitrogen and oxygen atoms in total. The van der Waals surface area contributed by atoms with E-state index < -0.39 is 23.3 Å². The summed E-state index contributed by atoms with van der Waals surface area (Å²) in [6, 6.07) is 13.8. The second kappa shape index (κ2) is 11.0. The predicted molar refractivity (Wildman–Crippen MR) is 145 cm³/mol. The van der Waals surface area contributed by atoms with Gasteiger partial charge in [0.2, 0.25) is 0 Å². The fourth-order valence-corrected chi connectivity index (χ4v) is 3.74. The third-order valence-corrected chi connectivity index (χ3v) is 5.09. The van der Waals surface area contributed by atoms with Crippen molar-refractivity contribution in [3.05, 3.63) is 76.3 Å². The van der Waals surface area contributed by atoms with Crippen LogP contribution in [0.1, 0.15) is 72.3 Å². The lowest BCUT2D eigenvalue weighted by Crippen LogP contribution is -2.37. The van der Waals surface area contributed by atoms with Crippen molar-refractivity contribution in [1.29, 1.82) is 0 Å². The molecule has 3 aromatic rings. The van der Waals surface area contributed by atoms with E-state index in [4.69, 9.17) is 14.5 Å². The summed E-state index contributed by atoms with van der Waals surface area (Å²) in [5.41, 5.74) is 0.189. The van der Waals surface area contributed by atoms with Crippen molar-refractivity contribution in [3.8, 4) is 5.69 Å². The number of carbonyl (C=O) groups is 2. The molecule has 1 amide bonds. The van der Waals surface area contributed by atoms with E-state index in [-0.39, 0.29) is 17.9 Å². The van der Waals surface area contributed by atoms with Gasteiger partial charge in [0, 0.05) is 0 Å². The molecule has 1 N–H and O–H groups in total. The minimum absolute atomic E-state index is 0.0723. The van der Waals surface area contributed by atoms with Crippen LogP contribution in [0.5, 0.6) is 0 Å². The number of amides is 1. The second-order valence-electron chi connectivity index (χ2n) is 10.7. The monoisotopic (exact) mass is 505 g/mol. The van der Waals surface area contributed by atoms with Gasteiger partial charge < -0.3 is 14.8 Å². The molecule has 2 aromatic carbocycles. The van der Waals surface area contributed by atoms with Crippen LogP contribution in [-0.4, -0.2) is 32.8 Å². The number of rotatable bonds is 6. The summed E-state index contributed by atoms with van der Waals surface area (Å²) >= 11 is 0. The molecule has 0 saturated carbocycles. The summed E-state index contributed by atoms with van der Waals surface area (Å²) in [6.45, 7) is 12.5. The number of ether oxygens (including phenoxy) is 2. The Morgan fingerprint density at radius 3 is 2.24 bits per heavy atom. The van der Waals surface area contributed by atoms with Crippen LogP contribution >= 0.6 is 0 Å². The number of para-hydroxylation sites is 1. The Hall–Kier alpha value is -3.94. The maximum absolute atomic E-state index is 13.9. The molecule has 1 atom stereocenters. The Balaban J connectivity index is 2.07. The maximum atomic E-state index is 13.9. The number of fused-ring (bicyclic) bond motifs is 1. The first-order chi connectivity index (χ1) is 17.2. The molecule has 0 bridgehead atoms. The maximum Gasteiger partial charge on any atom is 0.408 e. The first kappa shape index (κ1) is 27.6. The molecule has 0 aliphatic rings. The number of nitrogens with one attached hydrogen (secondary N) is 1. The van der Waals surface area contributed by atoms with E-state index in [9.17, 15) is 14.4 Å². The third-order valence-electron chi connectivity index (χ3n) is 5.09. The quantitative estimate of drug-likeness (QED) is 0.431. The van der Waals surface area contributed by atoms with Gasteiger partial charge in [-0.15, -0.1) is 0 Å². The van der Waals surface area contributed by atoms with Crippen molar-refractivity contribution in [2.45, 2.75) is 72.1 Å². The summed E-state index contributed by atoms with van der Waals surface area (Å²) in [6.07, 6.45) is 2.87. The summed E-state index contributed by atoms with van der Waals surface area (Å²) in [4.78, 5) is 43.3. The largest absolute Gasteiger partial charge is 0.460 e. The van der Waals surface area contributed by atoms with Crippen molar-refractivity contribution in [2.24, 2.45) is 0 Å². The van der Waals surface area contributed by atoms with Gasteiger partial charge in [-0.05, 0) is 72.2 Å². The van der Waals surface area contributed by atoms with Gasteiger partial charge in [-0.1, -0.05) is 42.5 Å². The molecule has 8 heteroatoms. The zero-order valence-electron chi connectivity index (χ0n) is 22.5. The van der Waals surface area contributed by atoms with Gasteiger partial charge >= 0.3 is 12.1 Å². The summed E-state index contributed by atoms with van der Waals surface area (Å²) in [5.74, 6) is 0.0116. The van der Waals surface area contributed by atoms with Gasteiger partial charge in [0.15, 0.2) is 0 Å². The highest BCUT2D eigenvalue weighted by atomic mass is 16.6. The van der Waals surface area contributed by atoms with Crippen molar-refractivity contribution in [3.63, 3.8) is 0 Å². The average Bonchev–Trinajstić information content (AvgIpc) is 2.77. The first-order valence-corrected chi connectivity index (χ1v) is 12.2. The van der Waals surface area contributed by atoms with Crippen LogP contribution in [0.2, 0.25) is 0 Å². The first-order valence-electron chi connectivity index (χ1n) is 12.2. The number of carbonyl (C=O) groups excluding carboxylic acids is 2. The molecule has 37 heavy (non-hydrogen) atoms. The molecule has 0 fully saturated rings. The van der Waals surface area contributed by atoms with Crippen LogP contribution in [0.15, 0.2) is 59.4 Å². The van der Waals surface area contributed by atoms with E-state index >= 15 is 0 Å². The average molecular weight is 506 g/mol. The molecule has 0 saturated heterocycles. The Kier molecular flexibility index (Phi) is 8.21. The second-order valence-corrected chi connectivity index (χ2v) is 10.7. The Morgan fingerprint density at radius 2 is 1.62 bits per heavy atom. The lowest BCUT2D eigenvalue weighted by Gasteiger charge is -2.23. The lowest BCUT2D eigenvalue weighted by atomic mass is 10.1. The number of esters is 1. The van der Waals surface area contributed by atoms with Crippen LogP contribution in [0.3, 0.4) is 0 Å². The van der Waals surface area contributed by atoms with E-state index in [1.165, 1.54) is 4.57 Å². The minimum Gasteiger partial charge on any atom is -0.460 e. The summed E-state index contributed by atoms with van der Waals surface area (Å²) in [7, 11) is 0. The Bertz CT molecular complexity index is 1360. The molecule has 3 rings (SSSR count). The number of aromatic nitrogens is 2. The van der Waals surface area contributed by atoms with Crippen molar-refractivity contribution < 1.29 is 19.1 Å². The number of benzene rings is 2. The molecule has 0 aliphatic carbocycles. The van der Waals surface area contributed by atoms with Crippen LogP contribution in [0, 0.1) is 0 Å². The van der Waals surface area contributed by atoms with Crippen LogP contribution < -0.4 is 10.9 Å². The molecule has 1 heterocycles. The normalized spacial score (nSPS) is 12.9. The van der Waals surface area contributed by atoms with E-state index in [1.807, 2.05) is 39.0 Å². The number of nitrogens with zero attached hydrogens (tertiary/aromatic N) is 2. The molecule has 196 valence electrons. The van der Waals surface area contributed by atoms with Gasteiger partial charge in [0.25, 0.3) is 5.56 Å². The topological polar surface area (TPSA) is 99.5 Å².